The second-order valence-electron chi connectivity index (χ2n) is 6.09. The quantitative estimate of drug-likeness (QED) is 0.920. The summed E-state index contributed by atoms with van der Waals surface area (Å²) in [6, 6.07) is 5.74. The van der Waals surface area contributed by atoms with Crippen LogP contribution in [0.5, 0.6) is 0 Å². The molecule has 0 unspecified atom stereocenters. The minimum atomic E-state index is -0.895. The second kappa shape index (κ2) is 6.07. The summed E-state index contributed by atoms with van der Waals surface area (Å²) in [5.74, 6) is -1.01. The molecule has 0 fully saturated rings. The maximum atomic E-state index is 12.7. The number of amides is 1. The van der Waals surface area contributed by atoms with Gasteiger partial charge in [0.15, 0.2) is 0 Å². The Morgan fingerprint density at radius 1 is 1.20 bits per heavy atom. The molecule has 0 aliphatic heterocycles. The average Bonchev–Trinajstić information content (AvgIpc) is 2.30. The van der Waals surface area contributed by atoms with Crippen molar-refractivity contribution in [1.82, 2.24) is 4.90 Å². The fourth-order valence-corrected chi connectivity index (χ4v) is 2.06. The van der Waals surface area contributed by atoms with E-state index in [2.05, 4.69) is 0 Å². The molecular formula is C16H23NO3. The normalized spacial score (nSPS) is 11.2. The fourth-order valence-electron chi connectivity index (χ4n) is 2.06. The van der Waals surface area contributed by atoms with E-state index >= 15 is 0 Å². The van der Waals surface area contributed by atoms with E-state index in [1.54, 1.807) is 4.90 Å². The van der Waals surface area contributed by atoms with E-state index in [1.165, 1.54) is 0 Å². The molecular weight excluding hydrogens is 254 g/mol. The van der Waals surface area contributed by atoms with Crippen LogP contribution in [-0.2, 0) is 4.79 Å². The lowest BCUT2D eigenvalue weighted by atomic mass is 10.00. The molecule has 0 radical (unpaired) electrons. The Morgan fingerprint density at radius 2 is 1.80 bits per heavy atom. The zero-order chi connectivity index (χ0) is 15.5. The molecule has 0 aromatic heterocycles. The minimum absolute atomic E-state index is 0.0477. The number of carbonyl (C=O) groups is 2. The standard InChI is InChI=1S/C16H23NO3/c1-11-6-7-12(2)13(10-11)15(20)17(16(3,4)5)9-8-14(18)19/h6-7,10H,8-9H2,1-5H3,(H,18,19). The molecule has 0 bridgehead atoms. The number of nitrogens with zero attached hydrogens (tertiary/aromatic N) is 1. The highest BCUT2D eigenvalue weighted by Crippen LogP contribution is 2.20. The number of aryl methyl sites for hydroxylation is 2. The lowest BCUT2D eigenvalue weighted by Gasteiger charge is -2.36. The third kappa shape index (κ3) is 4.08. The third-order valence-electron chi connectivity index (χ3n) is 3.23. The molecule has 0 heterocycles. The Balaban J connectivity index is 3.10. The van der Waals surface area contributed by atoms with Crippen LogP contribution in [0.2, 0.25) is 0 Å². The van der Waals surface area contributed by atoms with Crippen LogP contribution in [0.15, 0.2) is 18.2 Å². The first kappa shape index (κ1) is 16.2. The SMILES string of the molecule is Cc1ccc(C)c(C(=O)N(CCC(=O)O)C(C)(C)C)c1. The largest absolute Gasteiger partial charge is 0.481 e. The van der Waals surface area contributed by atoms with Gasteiger partial charge in [-0.3, -0.25) is 9.59 Å². The Kier molecular flexibility index (Phi) is 4.93. The van der Waals surface area contributed by atoms with Gasteiger partial charge in [-0.1, -0.05) is 17.7 Å². The molecule has 1 aromatic rings. The summed E-state index contributed by atoms with van der Waals surface area (Å²) < 4.78 is 0. The molecule has 0 saturated heterocycles. The number of benzene rings is 1. The lowest BCUT2D eigenvalue weighted by Crippen LogP contribution is -2.46. The summed E-state index contributed by atoms with van der Waals surface area (Å²) in [4.78, 5) is 25.1. The van der Waals surface area contributed by atoms with Crippen molar-refractivity contribution in [2.45, 2.75) is 46.6 Å². The van der Waals surface area contributed by atoms with Crippen LogP contribution in [0.1, 0.15) is 48.7 Å². The van der Waals surface area contributed by atoms with E-state index in [9.17, 15) is 9.59 Å². The summed E-state index contributed by atoms with van der Waals surface area (Å²) in [6.07, 6.45) is -0.0477. The van der Waals surface area contributed by atoms with Gasteiger partial charge in [0.25, 0.3) is 5.91 Å². The topological polar surface area (TPSA) is 57.6 Å². The molecule has 4 heteroatoms. The highest BCUT2D eigenvalue weighted by Gasteiger charge is 2.28. The van der Waals surface area contributed by atoms with Crippen molar-refractivity contribution in [2.75, 3.05) is 6.54 Å². The highest BCUT2D eigenvalue weighted by atomic mass is 16.4. The van der Waals surface area contributed by atoms with Gasteiger partial charge >= 0.3 is 5.97 Å². The maximum absolute atomic E-state index is 12.7. The molecule has 4 nitrogen and oxygen atoms in total. The molecule has 0 atom stereocenters. The fraction of sp³-hybridized carbons (Fsp3) is 0.500. The summed E-state index contributed by atoms with van der Waals surface area (Å²) in [6.45, 7) is 9.79. The molecule has 1 rings (SSSR count). The number of carboxylic acids is 1. The number of carboxylic acid groups (broad SMARTS) is 1. The number of rotatable bonds is 4. The van der Waals surface area contributed by atoms with Crippen LogP contribution in [0, 0.1) is 13.8 Å². The monoisotopic (exact) mass is 277 g/mol. The average molecular weight is 277 g/mol. The molecule has 0 saturated carbocycles. The first-order valence-electron chi connectivity index (χ1n) is 6.74. The zero-order valence-electron chi connectivity index (χ0n) is 12.9. The van der Waals surface area contributed by atoms with Gasteiger partial charge in [-0.05, 0) is 46.2 Å². The Labute approximate surface area is 120 Å². The van der Waals surface area contributed by atoms with Gasteiger partial charge in [-0.2, -0.15) is 0 Å². The number of hydrogen-bond donors (Lipinski definition) is 1. The molecule has 1 aromatic carbocycles. The van der Waals surface area contributed by atoms with Crippen molar-refractivity contribution < 1.29 is 14.7 Å². The lowest BCUT2D eigenvalue weighted by molar-refractivity contribution is -0.137. The van der Waals surface area contributed by atoms with Crippen LogP contribution in [0.3, 0.4) is 0 Å². The minimum Gasteiger partial charge on any atom is -0.481 e. The van der Waals surface area contributed by atoms with Crippen molar-refractivity contribution in [3.8, 4) is 0 Å². The van der Waals surface area contributed by atoms with Gasteiger partial charge in [0.2, 0.25) is 0 Å². The van der Waals surface area contributed by atoms with Crippen LogP contribution in [0.4, 0.5) is 0 Å². The summed E-state index contributed by atoms with van der Waals surface area (Å²) >= 11 is 0. The van der Waals surface area contributed by atoms with Crippen molar-refractivity contribution in [3.63, 3.8) is 0 Å². The van der Waals surface area contributed by atoms with Crippen LogP contribution >= 0.6 is 0 Å². The molecule has 1 amide bonds. The number of carbonyl (C=O) groups excluding carboxylic acids is 1. The van der Waals surface area contributed by atoms with E-state index < -0.39 is 11.5 Å². The summed E-state index contributed by atoms with van der Waals surface area (Å²) in [5, 5.41) is 8.84. The van der Waals surface area contributed by atoms with E-state index in [4.69, 9.17) is 5.11 Å². The highest BCUT2D eigenvalue weighted by molar-refractivity contribution is 5.96. The molecule has 0 aliphatic carbocycles. The van der Waals surface area contributed by atoms with Crippen LogP contribution in [0.25, 0.3) is 0 Å². The van der Waals surface area contributed by atoms with Gasteiger partial charge in [-0.15, -0.1) is 0 Å². The Morgan fingerprint density at radius 3 is 2.30 bits per heavy atom. The smallest absolute Gasteiger partial charge is 0.305 e. The van der Waals surface area contributed by atoms with Crippen molar-refractivity contribution in [1.29, 1.82) is 0 Å². The first-order chi connectivity index (χ1) is 9.12. The number of hydrogen-bond acceptors (Lipinski definition) is 2. The van der Waals surface area contributed by atoms with Crippen molar-refractivity contribution in [3.05, 3.63) is 34.9 Å². The third-order valence-corrected chi connectivity index (χ3v) is 3.23. The summed E-state index contributed by atoms with van der Waals surface area (Å²) in [7, 11) is 0. The summed E-state index contributed by atoms with van der Waals surface area (Å²) in [5.41, 5.74) is 2.16. The van der Waals surface area contributed by atoms with Crippen molar-refractivity contribution in [2.24, 2.45) is 0 Å². The van der Waals surface area contributed by atoms with Gasteiger partial charge in [-0.25, -0.2) is 0 Å². The van der Waals surface area contributed by atoms with E-state index in [1.807, 2.05) is 52.8 Å². The Bertz CT molecular complexity index is 515. The molecule has 0 aliphatic rings. The van der Waals surface area contributed by atoms with Crippen LogP contribution in [-0.4, -0.2) is 34.0 Å². The molecule has 110 valence electrons. The Hall–Kier alpha value is -1.84. The maximum Gasteiger partial charge on any atom is 0.305 e. The zero-order valence-corrected chi connectivity index (χ0v) is 12.9. The predicted octanol–water partition coefficient (Wildman–Crippen LogP) is 3.02. The second-order valence-corrected chi connectivity index (χ2v) is 6.09. The molecule has 1 N–H and O–H groups in total. The van der Waals surface area contributed by atoms with E-state index in [0.717, 1.165) is 11.1 Å². The van der Waals surface area contributed by atoms with E-state index in [0.29, 0.717) is 5.56 Å². The van der Waals surface area contributed by atoms with Gasteiger partial charge in [0.1, 0.15) is 0 Å². The van der Waals surface area contributed by atoms with Gasteiger partial charge in [0, 0.05) is 17.6 Å². The van der Waals surface area contributed by atoms with Gasteiger partial charge < -0.3 is 10.0 Å². The van der Waals surface area contributed by atoms with Crippen LogP contribution < -0.4 is 0 Å². The predicted molar refractivity (Wildman–Crippen MR) is 79.0 cm³/mol. The molecule has 20 heavy (non-hydrogen) atoms. The van der Waals surface area contributed by atoms with Crippen molar-refractivity contribution >= 4 is 11.9 Å². The molecule has 0 spiro atoms. The first-order valence-corrected chi connectivity index (χ1v) is 6.74. The van der Waals surface area contributed by atoms with E-state index in [-0.39, 0.29) is 18.9 Å². The number of aliphatic carboxylic acids is 1. The van der Waals surface area contributed by atoms with Gasteiger partial charge in [0.05, 0.1) is 6.42 Å².